The van der Waals surface area contributed by atoms with Gasteiger partial charge in [0, 0.05) is 34.9 Å². The van der Waals surface area contributed by atoms with Crippen molar-refractivity contribution in [2.24, 2.45) is 0 Å². The van der Waals surface area contributed by atoms with Crippen molar-refractivity contribution in [2.75, 3.05) is 5.32 Å². The summed E-state index contributed by atoms with van der Waals surface area (Å²) in [4.78, 5) is 19.2. The topological polar surface area (TPSA) is 46.4 Å². The van der Waals surface area contributed by atoms with E-state index in [0.717, 1.165) is 28.3 Å². The number of rotatable bonds is 5. The largest absolute Gasteiger partial charge is 0.326 e. The van der Waals surface area contributed by atoms with E-state index in [4.69, 9.17) is 0 Å². The zero-order valence-corrected chi connectivity index (χ0v) is 16.2. The van der Waals surface area contributed by atoms with Gasteiger partial charge in [0.15, 0.2) is 4.96 Å². The predicted octanol–water partition coefficient (Wildman–Crippen LogP) is 5.25. The number of hydrogen-bond donors (Lipinski definition) is 1. The summed E-state index contributed by atoms with van der Waals surface area (Å²) in [7, 11) is 0. The van der Waals surface area contributed by atoms with Gasteiger partial charge in [0.25, 0.3) is 0 Å². The van der Waals surface area contributed by atoms with Crippen molar-refractivity contribution < 1.29 is 4.79 Å². The van der Waals surface area contributed by atoms with Crippen LogP contribution in [0.15, 0.2) is 60.9 Å². The lowest BCUT2D eigenvalue weighted by molar-refractivity contribution is -0.116. The zero-order chi connectivity index (χ0) is 18.8. The summed E-state index contributed by atoms with van der Waals surface area (Å²) in [5.41, 5.74) is 5.12. The van der Waals surface area contributed by atoms with Gasteiger partial charge in [-0.3, -0.25) is 9.20 Å². The van der Waals surface area contributed by atoms with Gasteiger partial charge in [-0.2, -0.15) is 0 Å². The third-order valence-corrected chi connectivity index (χ3v) is 5.39. The van der Waals surface area contributed by atoms with E-state index in [1.807, 2.05) is 34.9 Å². The third-order valence-electron chi connectivity index (χ3n) is 4.47. The Balaban J connectivity index is 1.43. The molecular formula is C22H21N3OS. The number of aromatic nitrogens is 2. The number of nitrogens with one attached hydrogen (secondary N) is 1. The Kier molecular flexibility index (Phi) is 4.77. The Morgan fingerprint density at radius 3 is 2.70 bits per heavy atom. The average molecular weight is 375 g/mol. The molecule has 2 aromatic heterocycles. The van der Waals surface area contributed by atoms with Crippen LogP contribution in [0, 0.1) is 13.8 Å². The number of thiazole rings is 1. The lowest BCUT2D eigenvalue weighted by Gasteiger charge is -2.07. The van der Waals surface area contributed by atoms with Crippen LogP contribution < -0.4 is 5.32 Å². The van der Waals surface area contributed by atoms with Crippen LogP contribution >= 0.6 is 11.3 Å². The molecule has 27 heavy (non-hydrogen) atoms. The first kappa shape index (κ1) is 17.5. The maximum absolute atomic E-state index is 12.3. The van der Waals surface area contributed by atoms with Crippen molar-refractivity contribution >= 4 is 27.9 Å². The third kappa shape index (κ3) is 4.09. The van der Waals surface area contributed by atoms with Crippen LogP contribution in [0.5, 0.6) is 0 Å². The molecule has 136 valence electrons. The van der Waals surface area contributed by atoms with E-state index in [1.54, 1.807) is 11.3 Å². The number of aryl methyl sites for hydroxylation is 3. The van der Waals surface area contributed by atoms with E-state index in [9.17, 15) is 4.79 Å². The van der Waals surface area contributed by atoms with Gasteiger partial charge in [-0.1, -0.05) is 42.0 Å². The standard InChI is InChI=1S/C22H21N3OS/c1-15-6-8-17(9-7-15)10-11-21(26)23-19-5-3-4-18(12-19)20-14-25-13-16(2)27-22(25)24-20/h3-9,12-14H,10-11H2,1-2H3,(H,23,26). The first-order valence-electron chi connectivity index (χ1n) is 8.98. The summed E-state index contributed by atoms with van der Waals surface area (Å²) in [5.74, 6) is 0.0224. The molecule has 0 aliphatic rings. The van der Waals surface area contributed by atoms with Gasteiger partial charge in [-0.05, 0) is 38.0 Å². The summed E-state index contributed by atoms with van der Waals surface area (Å²) >= 11 is 1.67. The highest BCUT2D eigenvalue weighted by atomic mass is 32.1. The van der Waals surface area contributed by atoms with Gasteiger partial charge in [0.2, 0.25) is 5.91 Å². The molecule has 2 aromatic carbocycles. The number of carbonyl (C=O) groups excluding carboxylic acids is 1. The SMILES string of the molecule is Cc1ccc(CCC(=O)Nc2cccc(-c3cn4cc(C)sc4n3)c2)cc1. The second kappa shape index (κ2) is 7.37. The first-order valence-corrected chi connectivity index (χ1v) is 9.79. The molecule has 0 spiro atoms. The molecule has 1 N–H and O–H groups in total. The number of benzene rings is 2. The highest BCUT2D eigenvalue weighted by Crippen LogP contribution is 2.25. The van der Waals surface area contributed by atoms with Crippen LogP contribution in [0.3, 0.4) is 0 Å². The number of hydrogen-bond acceptors (Lipinski definition) is 3. The van der Waals surface area contributed by atoms with E-state index in [-0.39, 0.29) is 5.91 Å². The molecule has 0 aliphatic heterocycles. The quantitative estimate of drug-likeness (QED) is 0.518. The predicted molar refractivity (Wildman–Crippen MR) is 111 cm³/mol. The number of anilines is 1. The maximum atomic E-state index is 12.3. The number of imidazole rings is 1. The van der Waals surface area contributed by atoms with Gasteiger partial charge < -0.3 is 5.32 Å². The molecular weight excluding hydrogens is 354 g/mol. The zero-order valence-electron chi connectivity index (χ0n) is 15.4. The van der Waals surface area contributed by atoms with Crippen molar-refractivity contribution in [3.8, 4) is 11.3 Å². The monoisotopic (exact) mass is 375 g/mol. The van der Waals surface area contributed by atoms with E-state index in [2.05, 4.69) is 54.6 Å². The van der Waals surface area contributed by atoms with Crippen molar-refractivity contribution in [3.63, 3.8) is 0 Å². The van der Waals surface area contributed by atoms with Crippen molar-refractivity contribution in [2.45, 2.75) is 26.7 Å². The summed E-state index contributed by atoms with van der Waals surface area (Å²) < 4.78 is 2.04. The Labute approximate surface area is 162 Å². The maximum Gasteiger partial charge on any atom is 0.224 e. The fraction of sp³-hybridized carbons (Fsp3) is 0.182. The summed E-state index contributed by atoms with van der Waals surface area (Å²) in [5, 5.41) is 3.00. The minimum atomic E-state index is 0.0224. The van der Waals surface area contributed by atoms with E-state index in [1.165, 1.54) is 16.0 Å². The second-order valence-electron chi connectivity index (χ2n) is 6.77. The molecule has 4 aromatic rings. The molecule has 4 nitrogen and oxygen atoms in total. The smallest absolute Gasteiger partial charge is 0.224 e. The van der Waals surface area contributed by atoms with Crippen molar-refractivity contribution in [3.05, 3.63) is 76.9 Å². The summed E-state index contributed by atoms with van der Waals surface area (Å²) in [6.07, 6.45) is 5.31. The lowest BCUT2D eigenvalue weighted by Crippen LogP contribution is -2.12. The second-order valence-corrected chi connectivity index (χ2v) is 7.99. The minimum absolute atomic E-state index is 0.0224. The van der Waals surface area contributed by atoms with Crippen LogP contribution in [0.4, 0.5) is 5.69 Å². The number of fused-ring (bicyclic) bond motifs is 1. The molecule has 0 fully saturated rings. The number of amides is 1. The normalized spacial score (nSPS) is 11.0. The van der Waals surface area contributed by atoms with Crippen LogP contribution in [0.25, 0.3) is 16.2 Å². The van der Waals surface area contributed by atoms with Gasteiger partial charge in [0.05, 0.1) is 5.69 Å². The molecule has 0 saturated carbocycles. The molecule has 5 heteroatoms. The van der Waals surface area contributed by atoms with E-state index < -0.39 is 0 Å². The molecule has 0 saturated heterocycles. The molecule has 4 rings (SSSR count). The van der Waals surface area contributed by atoms with Crippen LogP contribution in [0.2, 0.25) is 0 Å². The molecule has 0 atom stereocenters. The van der Waals surface area contributed by atoms with Gasteiger partial charge in [-0.25, -0.2) is 4.98 Å². The molecule has 2 heterocycles. The summed E-state index contributed by atoms with van der Waals surface area (Å²) in [6, 6.07) is 16.2. The van der Waals surface area contributed by atoms with Crippen molar-refractivity contribution in [1.82, 2.24) is 9.38 Å². The number of carbonyl (C=O) groups is 1. The Morgan fingerprint density at radius 1 is 1.11 bits per heavy atom. The molecule has 0 unspecified atom stereocenters. The van der Waals surface area contributed by atoms with Crippen LogP contribution in [0.1, 0.15) is 22.4 Å². The lowest BCUT2D eigenvalue weighted by atomic mass is 10.1. The van der Waals surface area contributed by atoms with Crippen molar-refractivity contribution in [1.29, 1.82) is 0 Å². The Bertz CT molecular complexity index is 1060. The van der Waals surface area contributed by atoms with Gasteiger partial charge in [-0.15, -0.1) is 11.3 Å². The fourth-order valence-electron chi connectivity index (χ4n) is 3.04. The van der Waals surface area contributed by atoms with Crippen LogP contribution in [-0.2, 0) is 11.2 Å². The minimum Gasteiger partial charge on any atom is -0.326 e. The van der Waals surface area contributed by atoms with Gasteiger partial charge in [0.1, 0.15) is 0 Å². The Hall–Kier alpha value is -2.92. The molecule has 0 aliphatic carbocycles. The Morgan fingerprint density at radius 2 is 1.93 bits per heavy atom. The highest BCUT2D eigenvalue weighted by Gasteiger charge is 2.09. The van der Waals surface area contributed by atoms with Crippen LogP contribution in [-0.4, -0.2) is 15.3 Å². The number of nitrogens with zero attached hydrogens (tertiary/aromatic N) is 2. The average Bonchev–Trinajstić information content (AvgIpc) is 3.19. The van der Waals surface area contributed by atoms with E-state index >= 15 is 0 Å². The molecule has 0 radical (unpaired) electrons. The molecule has 0 bridgehead atoms. The molecule has 1 amide bonds. The fourth-order valence-corrected chi connectivity index (χ4v) is 3.85. The highest BCUT2D eigenvalue weighted by molar-refractivity contribution is 7.17. The summed E-state index contributed by atoms with van der Waals surface area (Å²) in [6.45, 7) is 4.14. The van der Waals surface area contributed by atoms with Gasteiger partial charge >= 0.3 is 0 Å². The van der Waals surface area contributed by atoms with E-state index in [0.29, 0.717) is 6.42 Å². The first-order chi connectivity index (χ1) is 13.1.